The van der Waals surface area contributed by atoms with Gasteiger partial charge in [0.15, 0.2) is 0 Å². The Hall–Kier alpha value is -1.14. The lowest BCUT2D eigenvalue weighted by molar-refractivity contribution is 0.383. The summed E-state index contributed by atoms with van der Waals surface area (Å²) in [6.07, 6.45) is 1.48. The van der Waals surface area contributed by atoms with Crippen LogP contribution in [0.15, 0.2) is 23.2 Å². The first-order valence-corrected chi connectivity index (χ1v) is 6.27. The number of pyridine rings is 1. The molecule has 1 rings (SSSR count). The Morgan fingerprint density at radius 2 is 2.00 bits per heavy atom. The fourth-order valence-electron chi connectivity index (χ4n) is 1.19. The second-order valence-corrected chi connectivity index (χ2v) is 6.02. The third-order valence-corrected chi connectivity index (χ3v) is 3.43. The lowest BCUT2D eigenvalue weighted by Gasteiger charge is -2.20. The third-order valence-electron chi connectivity index (χ3n) is 1.66. The van der Waals surface area contributed by atoms with Crippen LogP contribution in [0.25, 0.3) is 0 Å². The van der Waals surface area contributed by atoms with Crippen LogP contribution in [0, 0.1) is 0 Å². The number of nitrogens with one attached hydrogen (secondary N) is 1. The fourth-order valence-corrected chi connectivity index (χ4v) is 2.73. The molecule has 0 saturated heterocycles. The highest BCUT2D eigenvalue weighted by Crippen LogP contribution is 2.21. The topological polar surface area (TPSA) is 68.3 Å². The van der Waals surface area contributed by atoms with Crippen molar-refractivity contribution in [1.29, 1.82) is 0 Å². The first kappa shape index (κ1) is 12.9. The first-order chi connectivity index (χ1) is 7.26. The number of hydrogen-bond donors (Lipinski definition) is 1. The van der Waals surface area contributed by atoms with Gasteiger partial charge in [-0.05, 0) is 32.9 Å². The Balaban J connectivity index is 3.17. The zero-order valence-electron chi connectivity index (χ0n) is 9.81. The average molecular weight is 244 g/mol. The summed E-state index contributed by atoms with van der Waals surface area (Å²) in [6, 6.07) is 3.01. The minimum Gasteiger partial charge on any atom is -0.480 e. The van der Waals surface area contributed by atoms with Crippen molar-refractivity contribution in [2.24, 2.45) is 0 Å². The molecular formula is C10H16N2O3S. The van der Waals surface area contributed by atoms with E-state index in [0.29, 0.717) is 0 Å². The van der Waals surface area contributed by atoms with Crippen LogP contribution in [0.2, 0.25) is 0 Å². The maximum absolute atomic E-state index is 12.0. The molecule has 0 amide bonds. The summed E-state index contributed by atoms with van der Waals surface area (Å²) in [4.78, 5) is 3.90. The van der Waals surface area contributed by atoms with Crippen LogP contribution in [-0.2, 0) is 10.0 Å². The molecule has 1 aromatic heterocycles. The van der Waals surface area contributed by atoms with Crippen molar-refractivity contribution in [2.75, 3.05) is 7.11 Å². The van der Waals surface area contributed by atoms with E-state index >= 15 is 0 Å². The first-order valence-electron chi connectivity index (χ1n) is 4.79. The summed E-state index contributed by atoms with van der Waals surface area (Å²) >= 11 is 0. The van der Waals surface area contributed by atoms with Crippen molar-refractivity contribution < 1.29 is 13.2 Å². The molecule has 5 nitrogen and oxygen atoms in total. The Morgan fingerprint density at radius 3 is 2.50 bits per heavy atom. The molecule has 0 unspecified atom stereocenters. The van der Waals surface area contributed by atoms with Gasteiger partial charge >= 0.3 is 0 Å². The molecule has 0 aromatic carbocycles. The predicted octanol–water partition coefficient (Wildman–Crippen LogP) is 1.17. The molecule has 0 aliphatic rings. The van der Waals surface area contributed by atoms with Crippen LogP contribution in [0.5, 0.6) is 5.88 Å². The lowest BCUT2D eigenvalue weighted by atomic mass is 10.1. The summed E-state index contributed by atoms with van der Waals surface area (Å²) in [5.74, 6) is 0.0965. The fraction of sp³-hybridized carbons (Fsp3) is 0.500. The van der Waals surface area contributed by atoms with Crippen molar-refractivity contribution in [3.05, 3.63) is 18.3 Å². The van der Waals surface area contributed by atoms with E-state index in [9.17, 15) is 8.42 Å². The zero-order chi connectivity index (χ0) is 12.4. The second kappa shape index (κ2) is 4.39. The number of ether oxygens (including phenoxy) is 1. The standard InChI is InChI=1S/C10H16N2O3S/c1-10(2,3)12-16(13,14)8-6-5-7-11-9(8)15-4/h5-7,12H,1-4H3. The van der Waals surface area contributed by atoms with Crippen LogP contribution >= 0.6 is 0 Å². The molecule has 1 heterocycles. The summed E-state index contributed by atoms with van der Waals surface area (Å²) < 4.78 is 31.4. The molecule has 1 N–H and O–H groups in total. The molecule has 6 heteroatoms. The van der Waals surface area contributed by atoms with Gasteiger partial charge < -0.3 is 4.74 Å². The van der Waals surface area contributed by atoms with Crippen molar-refractivity contribution in [3.63, 3.8) is 0 Å². The molecule has 0 aliphatic heterocycles. The second-order valence-electron chi connectivity index (χ2n) is 4.37. The lowest BCUT2D eigenvalue weighted by Crippen LogP contribution is -2.40. The SMILES string of the molecule is COc1ncccc1S(=O)(=O)NC(C)(C)C. The van der Waals surface area contributed by atoms with E-state index in [2.05, 4.69) is 9.71 Å². The highest BCUT2D eigenvalue weighted by atomic mass is 32.2. The zero-order valence-corrected chi connectivity index (χ0v) is 10.6. The van der Waals surface area contributed by atoms with Crippen LogP contribution < -0.4 is 9.46 Å². The molecule has 0 bridgehead atoms. The summed E-state index contributed by atoms with van der Waals surface area (Å²) in [5, 5.41) is 0. The molecule has 0 atom stereocenters. The smallest absolute Gasteiger partial charge is 0.246 e. The summed E-state index contributed by atoms with van der Waals surface area (Å²) in [6.45, 7) is 5.31. The van der Waals surface area contributed by atoms with E-state index in [1.54, 1.807) is 26.8 Å². The van der Waals surface area contributed by atoms with Gasteiger partial charge in [-0.15, -0.1) is 0 Å². The van der Waals surface area contributed by atoms with Crippen molar-refractivity contribution in [3.8, 4) is 5.88 Å². The van der Waals surface area contributed by atoms with Crippen LogP contribution in [0.3, 0.4) is 0 Å². The number of nitrogens with zero attached hydrogens (tertiary/aromatic N) is 1. The maximum Gasteiger partial charge on any atom is 0.246 e. The summed E-state index contributed by atoms with van der Waals surface area (Å²) in [7, 11) is -2.21. The third kappa shape index (κ3) is 3.18. The largest absolute Gasteiger partial charge is 0.480 e. The van der Waals surface area contributed by atoms with Gasteiger partial charge in [0.1, 0.15) is 4.90 Å². The van der Waals surface area contributed by atoms with Crippen LogP contribution in [0.4, 0.5) is 0 Å². The summed E-state index contributed by atoms with van der Waals surface area (Å²) in [5.41, 5.74) is -0.542. The molecule has 1 aromatic rings. The van der Waals surface area contributed by atoms with Crippen molar-refractivity contribution >= 4 is 10.0 Å². The molecule has 0 aliphatic carbocycles. The Morgan fingerprint density at radius 1 is 1.38 bits per heavy atom. The van der Waals surface area contributed by atoms with Gasteiger partial charge in [-0.1, -0.05) is 0 Å². The molecule has 0 saturated carbocycles. The van der Waals surface area contributed by atoms with Gasteiger partial charge in [0.2, 0.25) is 15.9 Å². The predicted molar refractivity (Wildman–Crippen MR) is 60.9 cm³/mol. The normalized spacial score (nSPS) is 12.5. The number of methoxy groups -OCH3 is 1. The molecular weight excluding hydrogens is 228 g/mol. The highest BCUT2D eigenvalue weighted by Gasteiger charge is 2.25. The minimum atomic E-state index is -3.60. The van der Waals surface area contributed by atoms with E-state index in [0.717, 1.165) is 0 Å². The molecule has 90 valence electrons. The van der Waals surface area contributed by atoms with Gasteiger partial charge in [0, 0.05) is 11.7 Å². The molecule has 0 spiro atoms. The number of rotatable bonds is 3. The number of hydrogen-bond acceptors (Lipinski definition) is 4. The minimum absolute atomic E-state index is 0.0485. The average Bonchev–Trinajstić information content (AvgIpc) is 2.14. The Bertz CT molecular complexity index is 463. The Kier molecular flexibility index (Phi) is 3.54. The van der Waals surface area contributed by atoms with Gasteiger partial charge in [-0.3, -0.25) is 0 Å². The van der Waals surface area contributed by atoms with Gasteiger partial charge in [-0.25, -0.2) is 18.1 Å². The van der Waals surface area contributed by atoms with E-state index in [-0.39, 0.29) is 10.8 Å². The van der Waals surface area contributed by atoms with Crippen LogP contribution in [0.1, 0.15) is 20.8 Å². The van der Waals surface area contributed by atoms with E-state index in [1.165, 1.54) is 19.4 Å². The van der Waals surface area contributed by atoms with Crippen molar-refractivity contribution in [1.82, 2.24) is 9.71 Å². The van der Waals surface area contributed by atoms with Crippen LogP contribution in [-0.4, -0.2) is 26.1 Å². The Labute approximate surface area is 95.9 Å². The molecule has 0 fully saturated rings. The van der Waals surface area contributed by atoms with E-state index in [1.807, 2.05) is 0 Å². The monoisotopic (exact) mass is 244 g/mol. The van der Waals surface area contributed by atoms with Gasteiger partial charge in [0.05, 0.1) is 7.11 Å². The van der Waals surface area contributed by atoms with E-state index in [4.69, 9.17) is 4.74 Å². The highest BCUT2D eigenvalue weighted by molar-refractivity contribution is 7.89. The number of sulfonamides is 1. The van der Waals surface area contributed by atoms with Gasteiger partial charge in [-0.2, -0.15) is 0 Å². The number of aromatic nitrogens is 1. The molecule has 16 heavy (non-hydrogen) atoms. The van der Waals surface area contributed by atoms with Crippen molar-refractivity contribution in [2.45, 2.75) is 31.2 Å². The molecule has 0 radical (unpaired) electrons. The quantitative estimate of drug-likeness (QED) is 0.866. The maximum atomic E-state index is 12.0. The van der Waals surface area contributed by atoms with E-state index < -0.39 is 15.6 Å². The van der Waals surface area contributed by atoms with Gasteiger partial charge in [0.25, 0.3) is 0 Å².